The van der Waals surface area contributed by atoms with E-state index in [1.165, 1.54) is 0 Å². The fraction of sp³-hybridized carbons (Fsp3) is 0.235. The molecule has 0 aliphatic rings. The molecule has 3 rings (SSSR count). The first kappa shape index (κ1) is 16.2. The fourth-order valence-electron chi connectivity index (χ4n) is 2.29. The second-order valence-electron chi connectivity index (χ2n) is 5.43. The number of aryl methyl sites for hydroxylation is 1. The molecule has 0 atom stereocenters. The van der Waals surface area contributed by atoms with Crippen molar-refractivity contribution in [2.45, 2.75) is 19.9 Å². The molecule has 2 N–H and O–H groups in total. The van der Waals surface area contributed by atoms with E-state index in [1.807, 2.05) is 60.3 Å². The number of thiophene rings is 1. The second-order valence-corrected chi connectivity index (χ2v) is 6.46. The molecule has 0 spiro atoms. The van der Waals surface area contributed by atoms with Crippen molar-refractivity contribution < 1.29 is 4.79 Å². The van der Waals surface area contributed by atoms with Gasteiger partial charge >= 0.3 is 0 Å². The van der Waals surface area contributed by atoms with Crippen LogP contribution < -0.4 is 10.6 Å². The van der Waals surface area contributed by atoms with Crippen molar-refractivity contribution in [3.8, 4) is 0 Å². The summed E-state index contributed by atoms with van der Waals surface area (Å²) in [5.41, 5.74) is 1.62. The Hall–Kier alpha value is -2.67. The Kier molecular flexibility index (Phi) is 4.90. The summed E-state index contributed by atoms with van der Waals surface area (Å²) in [6.07, 6.45) is 0.383. The molecule has 1 amide bonds. The van der Waals surface area contributed by atoms with E-state index in [2.05, 4.69) is 20.8 Å². The lowest BCUT2D eigenvalue weighted by Crippen LogP contribution is -2.15. The Morgan fingerprint density at radius 2 is 1.96 bits per heavy atom. The third-order valence-corrected chi connectivity index (χ3v) is 4.61. The topological polar surface area (TPSA) is 71.8 Å². The number of para-hydroxylation sites is 2. The molecule has 0 fully saturated rings. The van der Waals surface area contributed by atoms with Gasteiger partial charge in [0.1, 0.15) is 5.82 Å². The summed E-state index contributed by atoms with van der Waals surface area (Å²) in [5.74, 6) is 1.68. The molecule has 124 valence electrons. The summed E-state index contributed by atoms with van der Waals surface area (Å²) in [7, 11) is 1.93. The van der Waals surface area contributed by atoms with Gasteiger partial charge < -0.3 is 15.2 Å². The molecule has 0 aliphatic heterocycles. The van der Waals surface area contributed by atoms with Crippen molar-refractivity contribution in [3.63, 3.8) is 0 Å². The smallest absolute Gasteiger partial charge is 0.229 e. The van der Waals surface area contributed by atoms with Crippen molar-refractivity contribution in [3.05, 3.63) is 58.3 Å². The number of benzene rings is 1. The largest absolute Gasteiger partial charge is 0.376 e. The van der Waals surface area contributed by atoms with Crippen molar-refractivity contribution in [2.24, 2.45) is 7.05 Å². The Labute approximate surface area is 144 Å². The van der Waals surface area contributed by atoms with Crippen molar-refractivity contribution in [1.29, 1.82) is 0 Å². The molecule has 6 nitrogen and oxygen atoms in total. The number of anilines is 2. The highest BCUT2D eigenvalue weighted by atomic mass is 32.1. The highest BCUT2D eigenvalue weighted by Gasteiger charge is 2.09. The van der Waals surface area contributed by atoms with Gasteiger partial charge in [0, 0.05) is 11.9 Å². The minimum atomic E-state index is -0.0267. The van der Waals surface area contributed by atoms with Crippen LogP contribution in [0.5, 0.6) is 0 Å². The molecule has 0 unspecified atom stereocenters. The Morgan fingerprint density at radius 1 is 1.17 bits per heavy atom. The monoisotopic (exact) mass is 341 g/mol. The zero-order valence-corrected chi connectivity index (χ0v) is 14.4. The average molecular weight is 341 g/mol. The van der Waals surface area contributed by atoms with E-state index in [0.717, 1.165) is 27.9 Å². The molecule has 0 radical (unpaired) electrons. The predicted octanol–water partition coefficient (Wildman–Crippen LogP) is 2.98. The number of carbonyl (C=O) groups excluding carboxylic acids is 1. The molecule has 3 aromatic rings. The van der Waals surface area contributed by atoms with E-state index in [9.17, 15) is 4.79 Å². The maximum absolute atomic E-state index is 12.2. The SMILES string of the molecule is Cc1nnc(CNc2ccccc2NC(=O)Cc2cccs2)n1C. The zero-order chi connectivity index (χ0) is 16.9. The van der Waals surface area contributed by atoms with Gasteiger partial charge in [-0.05, 0) is 30.5 Å². The molecular weight excluding hydrogens is 322 g/mol. The Morgan fingerprint density at radius 3 is 2.62 bits per heavy atom. The highest BCUT2D eigenvalue weighted by molar-refractivity contribution is 7.10. The lowest BCUT2D eigenvalue weighted by Gasteiger charge is -2.12. The molecule has 0 aliphatic carbocycles. The van der Waals surface area contributed by atoms with Gasteiger partial charge in [-0.2, -0.15) is 0 Å². The van der Waals surface area contributed by atoms with Crippen molar-refractivity contribution in [1.82, 2.24) is 14.8 Å². The number of amides is 1. The third-order valence-electron chi connectivity index (χ3n) is 3.74. The van der Waals surface area contributed by atoms with Crippen LogP contribution in [0.25, 0.3) is 0 Å². The van der Waals surface area contributed by atoms with Crippen LogP contribution in [0.4, 0.5) is 11.4 Å². The first-order valence-electron chi connectivity index (χ1n) is 7.63. The number of hydrogen-bond donors (Lipinski definition) is 2. The second kappa shape index (κ2) is 7.27. The van der Waals surface area contributed by atoms with Gasteiger partial charge in [-0.3, -0.25) is 4.79 Å². The number of carbonyl (C=O) groups is 1. The average Bonchev–Trinajstić information content (AvgIpc) is 3.18. The summed E-state index contributed by atoms with van der Waals surface area (Å²) in [6.45, 7) is 2.45. The lowest BCUT2D eigenvalue weighted by atomic mass is 10.2. The quantitative estimate of drug-likeness (QED) is 0.723. The minimum Gasteiger partial charge on any atom is -0.376 e. The molecule has 7 heteroatoms. The minimum absolute atomic E-state index is 0.0267. The van der Waals surface area contributed by atoms with E-state index in [-0.39, 0.29) is 5.91 Å². The van der Waals surface area contributed by atoms with Gasteiger partial charge in [-0.1, -0.05) is 18.2 Å². The summed E-state index contributed by atoms with van der Waals surface area (Å²) in [6, 6.07) is 11.6. The van der Waals surface area contributed by atoms with Crippen LogP contribution in [0, 0.1) is 6.92 Å². The van der Waals surface area contributed by atoms with Crippen LogP contribution in [0.2, 0.25) is 0 Å². The van der Waals surface area contributed by atoms with E-state index in [0.29, 0.717) is 13.0 Å². The first-order chi connectivity index (χ1) is 11.6. The summed E-state index contributed by atoms with van der Waals surface area (Å²) < 4.78 is 1.94. The molecule has 24 heavy (non-hydrogen) atoms. The fourth-order valence-corrected chi connectivity index (χ4v) is 2.99. The highest BCUT2D eigenvalue weighted by Crippen LogP contribution is 2.22. The van der Waals surface area contributed by atoms with E-state index in [1.54, 1.807) is 11.3 Å². The number of aromatic nitrogens is 3. The first-order valence-corrected chi connectivity index (χ1v) is 8.51. The zero-order valence-electron chi connectivity index (χ0n) is 13.6. The van der Waals surface area contributed by atoms with E-state index >= 15 is 0 Å². The number of rotatable bonds is 6. The van der Waals surface area contributed by atoms with Gasteiger partial charge in [0.05, 0.1) is 24.3 Å². The lowest BCUT2D eigenvalue weighted by molar-refractivity contribution is -0.115. The van der Waals surface area contributed by atoms with Crippen LogP contribution in [-0.2, 0) is 24.8 Å². The Balaban J connectivity index is 1.66. The predicted molar refractivity (Wildman–Crippen MR) is 96.2 cm³/mol. The summed E-state index contributed by atoms with van der Waals surface area (Å²) in [4.78, 5) is 13.3. The van der Waals surface area contributed by atoms with Crippen molar-refractivity contribution >= 4 is 28.6 Å². The maximum atomic E-state index is 12.2. The number of nitrogens with zero attached hydrogens (tertiary/aromatic N) is 3. The molecular formula is C17H19N5OS. The van der Waals surface area contributed by atoms with Crippen LogP contribution in [0.3, 0.4) is 0 Å². The van der Waals surface area contributed by atoms with Gasteiger partial charge in [0.25, 0.3) is 0 Å². The normalized spacial score (nSPS) is 10.6. The number of nitrogens with one attached hydrogen (secondary N) is 2. The molecule has 0 saturated carbocycles. The molecule has 0 bridgehead atoms. The van der Waals surface area contributed by atoms with Crippen molar-refractivity contribution in [2.75, 3.05) is 10.6 Å². The summed E-state index contributed by atoms with van der Waals surface area (Å²) in [5, 5.41) is 16.4. The number of hydrogen-bond acceptors (Lipinski definition) is 5. The van der Waals surface area contributed by atoms with Gasteiger partial charge in [0.15, 0.2) is 5.82 Å². The standard InChI is InChI=1S/C17H19N5OS/c1-12-20-21-16(22(12)2)11-18-14-7-3-4-8-15(14)19-17(23)10-13-6-5-9-24-13/h3-9,18H,10-11H2,1-2H3,(H,19,23). The molecule has 1 aromatic carbocycles. The molecule has 2 aromatic heterocycles. The van der Waals surface area contributed by atoms with Crippen LogP contribution in [-0.4, -0.2) is 20.7 Å². The van der Waals surface area contributed by atoms with Gasteiger partial charge in [0.2, 0.25) is 5.91 Å². The van der Waals surface area contributed by atoms with Gasteiger partial charge in [-0.15, -0.1) is 21.5 Å². The van der Waals surface area contributed by atoms with Crippen LogP contribution in [0.15, 0.2) is 41.8 Å². The van der Waals surface area contributed by atoms with Crippen LogP contribution in [0.1, 0.15) is 16.5 Å². The van der Waals surface area contributed by atoms with Crippen LogP contribution >= 0.6 is 11.3 Å². The third kappa shape index (κ3) is 3.80. The maximum Gasteiger partial charge on any atom is 0.229 e. The Bertz CT molecular complexity index is 825. The van der Waals surface area contributed by atoms with E-state index < -0.39 is 0 Å². The molecule has 0 saturated heterocycles. The van der Waals surface area contributed by atoms with E-state index in [4.69, 9.17) is 0 Å². The van der Waals surface area contributed by atoms with Gasteiger partial charge in [-0.25, -0.2) is 0 Å². The summed E-state index contributed by atoms with van der Waals surface area (Å²) >= 11 is 1.58. The molecule has 2 heterocycles.